The van der Waals surface area contributed by atoms with Gasteiger partial charge in [0.2, 0.25) is 5.76 Å². The Morgan fingerprint density at radius 2 is 2.22 bits per heavy atom. The predicted octanol–water partition coefficient (Wildman–Crippen LogP) is 2.75. The standard InChI is InChI=1S/C13H12FNO3/c1-15(11-4-2-3-10(14)7-11)8-9-5-6-18-12(9)13(16)17/h2-7H,8H2,1H3,(H,16,17). The number of aromatic carboxylic acids is 1. The van der Waals surface area contributed by atoms with Crippen LogP contribution >= 0.6 is 0 Å². The SMILES string of the molecule is CN(Cc1ccoc1C(=O)O)c1cccc(F)c1. The van der Waals surface area contributed by atoms with Crippen molar-refractivity contribution in [1.82, 2.24) is 0 Å². The molecule has 1 aromatic carbocycles. The molecule has 18 heavy (non-hydrogen) atoms. The lowest BCUT2D eigenvalue weighted by molar-refractivity contribution is 0.0661. The van der Waals surface area contributed by atoms with E-state index in [0.717, 1.165) is 0 Å². The normalized spacial score (nSPS) is 10.3. The molecule has 0 radical (unpaired) electrons. The Morgan fingerprint density at radius 3 is 2.89 bits per heavy atom. The molecule has 0 aliphatic rings. The molecule has 0 amide bonds. The summed E-state index contributed by atoms with van der Waals surface area (Å²) >= 11 is 0. The Hall–Kier alpha value is -2.30. The monoisotopic (exact) mass is 249 g/mol. The molecule has 94 valence electrons. The summed E-state index contributed by atoms with van der Waals surface area (Å²) in [7, 11) is 1.76. The number of nitrogens with zero attached hydrogens (tertiary/aromatic N) is 1. The number of carboxylic acid groups (broad SMARTS) is 1. The minimum atomic E-state index is -1.11. The Labute approximate surface area is 103 Å². The topological polar surface area (TPSA) is 53.7 Å². The van der Waals surface area contributed by atoms with Gasteiger partial charge in [-0.05, 0) is 24.3 Å². The molecule has 0 saturated carbocycles. The van der Waals surface area contributed by atoms with E-state index in [1.807, 2.05) is 0 Å². The number of furan rings is 1. The fraction of sp³-hybridized carbons (Fsp3) is 0.154. The number of anilines is 1. The maximum Gasteiger partial charge on any atom is 0.372 e. The molecule has 0 aliphatic heterocycles. The first kappa shape index (κ1) is 12.2. The van der Waals surface area contributed by atoms with Crippen molar-refractivity contribution >= 4 is 11.7 Å². The molecule has 1 heterocycles. The molecule has 0 aliphatic carbocycles. The number of carboxylic acids is 1. The second kappa shape index (κ2) is 4.91. The zero-order valence-electron chi connectivity index (χ0n) is 9.76. The molecule has 0 atom stereocenters. The lowest BCUT2D eigenvalue weighted by atomic mass is 10.2. The summed E-state index contributed by atoms with van der Waals surface area (Å²) in [4.78, 5) is 12.6. The molecular weight excluding hydrogens is 237 g/mol. The van der Waals surface area contributed by atoms with Gasteiger partial charge in [-0.15, -0.1) is 0 Å². The third kappa shape index (κ3) is 2.51. The fourth-order valence-corrected chi connectivity index (χ4v) is 1.71. The van der Waals surface area contributed by atoms with Crippen LogP contribution in [0.5, 0.6) is 0 Å². The highest BCUT2D eigenvalue weighted by Crippen LogP contribution is 2.19. The van der Waals surface area contributed by atoms with E-state index < -0.39 is 5.97 Å². The number of benzene rings is 1. The van der Waals surface area contributed by atoms with Crippen LogP contribution in [0.15, 0.2) is 41.0 Å². The molecule has 0 fully saturated rings. The Balaban J connectivity index is 2.18. The highest BCUT2D eigenvalue weighted by atomic mass is 19.1. The highest BCUT2D eigenvalue weighted by molar-refractivity contribution is 5.86. The van der Waals surface area contributed by atoms with Crippen molar-refractivity contribution in [2.45, 2.75) is 6.54 Å². The largest absolute Gasteiger partial charge is 0.475 e. The van der Waals surface area contributed by atoms with E-state index in [4.69, 9.17) is 9.52 Å². The predicted molar refractivity (Wildman–Crippen MR) is 64.2 cm³/mol. The van der Waals surface area contributed by atoms with Crippen molar-refractivity contribution in [2.75, 3.05) is 11.9 Å². The van der Waals surface area contributed by atoms with Crippen LogP contribution < -0.4 is 4.90 Å². The average molecular weight is 249 g/mol. The lowest BCUT2D eigenvalue weighted by Crippen LogP contribution is -2.17. The maximum atomic E-state index is 13.1. The molecule has 5 heteroatoms. The zero-order valence-corrected chi connectivity index (χ0v) is 9.76. The van der Waals surface area contributed by atoms with Gasteiger partial charge in [-0.2, -0.15) is 0 Å². The van der Waals surface area contributed by atoms with Gasteiger partial charge < -0.3 is 14.4 Å². The first-order chi connectivity index (χ1) is 8.58. The van der Waals surface area contributed by atoms with E-state index in [1.54, 1.807) is 30.1 Å². The average Bonchev–Trinajstić information content (AvgIpc) is 2.77. The maximum absolute atomic E-state index is 13.1. The van der Waals surface area contributed by atoms with Crippen LogP contribution in [0.3, 0.4) is 0 Å². The molecule has 1 N–H and O–H groups in total. The second-order valence-electron chi connectivity index (χ2n) is 3.92. The van der Waals surface area contributed by atoms with Crippen LogP contribution in [0.2, 0.25) is 0 Å². The molecule has 0 saturated heterocycles. The summed E-state index contributed by atoms with van der Waals surface area (Å²) in [5, 5.41) is 8.91. The molecular formula is C13H12FNO3. The van der Waals surface area contributed by atoms with Crippen LogP contribution in [0, 0.1) is 5.82 Å². The molecule has 2 rings (SSSR count). The van der Waals surface area contributed by atoms with Crippen LogP contribution in [0.4, 0.5) is 10.1 Å². The van der Waals surface area contributed by atoms with E-state index in [0.29, 0.717) is 17.8 Å². The van der Waals surface area contributed by atoms with E-state index in [2.05, 4.69) is 0 Å². The van der Waals surface area contributed by atoms with Crippen molar-refractivity contribution in [1.29, 1.82) is 0 Å². The van der Waals surface area contributed by atoms with E-state index in [9.17, 15) is 9.18 Å². The molecule has 0 bridgehead atoms. The van der Waals surface area contributed by atoms with Gasteiger partial charge in [0, 0.05) is 24.8 Å². The van der Waals surface area contributed by atoms with Crippen LogP contribution in [0.1, 0.15) is 16.1 Å². The van der Waals surface area contributed by atoms with Crippen molar-refractivity contribution < 1.29 is 18.7 Å². The molecule has 1 aromatic heterocycles. The molecule has 4 nitrogen and oxygen atoms in total. The summed E-state index contributed by atoms with van der Waals surface area (Å²) in [5.74, 6) is -1.52. The zero-order chi connectivity index (χ0) is 13.1. The van der Waals surface area contributed by atoms with Gasteiger partial charge in [-0.1, -0.05) is 6.07 Å². The Morgan fingerprint density at radius 1 is 1.44 bits per heavy atom. The Kier molecular flexibility index (Phi) is 3.32. The van der Waals surface area contributed by atoms with Gasteiger partial charge in [0.25, 0.3) is 0 Å². The number of rotatable bonds is 4. The number of halogens is 1. The van der Waals surface area contributed by atoms with Gasteiger partial charge in [-0.25, -0.2) is 9.18 Å². The molecule has 0 spiro atoms. The third-order valence-electron chi connectivity index (χ3n) is 2.60. The second-order valence-corrected chi connectivity index (χ2v) is 3.92. The van der Waals surface area contributed by atoms with Crippen LogP contribution in [-0.2, 0) is 6.54 Å². The van der Waals surface area contributed by atoms with Gasteiger partial charge >= 0.3 is 5.97 Å². The smallest absolute Gasteiger partial charge is 0.372 e. The van der Waals surface area contributed by atoms with Crippen molar-refractivity contribution in [3.63, 3.8) is 0 Å². The summed E-state index contributed by atoms with van der Waals surface area (Å²) in [6, 6.07) is 7.70. The van der Waals surface area contributed by atoms with E-state index >= 15 is 0 Å². The first-order valence-corrected chi connectivity index (χ1v) is 5.34. The molecule has 2 aromatic rings. The van der Waals surface area contributed by atoms with Gasteiger partial charge in [0.05, 0.1) is 6.26 Å². The van der Waals surface area contributed by atoms with E-state index in [-0.39, 0.29) is 11.6 Å². The number of carbonyl (C=O) groups is 1. The number of hydrogen-bond donors (Lipinski definition) is 1. The van der Waals surface area contributed by atoms with Crippen LogP contribution in [-0.4, -0.2) is 18.1 Å². The third-order valence-corrected chi connectivity index (χ3v) is 2.60. The molecule has 0 unspecified atom stereocenters. The number of hydrogen-bond acceptors (Lipinski definition) is 3. The Bertz CT molecular complexity index is 565. The van der Waals surface area contributed by atoms with E-state index in [1.165, 1.54) is 18.4 Å². The van der Waals surface area contributed by atoms with Gasteiger partial charge in [0.1, 0.15) is 5.82 Å². The summed E-state index contributed by atoms with van der Waals surface area (Å²) in [6.07, 6.45) is 1.33. The fourth-order valence-electron chi connectivity index (χ4n) is 1.71. The first-order valence-electron chi connectivity index (χ1n) is 5.34. The van der Waals surface area contributed by atoms with Gasteiger partial charge in [-0.3, -0.25) is 0 Å². The summed E-state index contributed by atoms with van der Waals surface area (Å²) in [5.41, 5.74) is 1.22. The van der Waals surface area contributed by atoms with Crippen molar-refractivity contribution in [3.8, 4) is 0 Å². The van der Waals surface area contributed by atoms with Crippen LogP contribution in [0.25, 0.3) is 0 Å². The summed E-state index contributed by atoms with van der Waals surface area (Å²) in [6.45, 7) is 0.335. The minimum Gasteiger partial charge on any atom is -0.475 e. The lowest BCUT2D eigenvalue weighted by Gasteiger charge is -2.18. The van der Waals surface area contributed by atoms with Crippen molar-refractivity contribution in [2.24, 2.45) is 0 Å². The van der Waals surface area contributed by atoms with Gasteiger partial charge in [0.15, 0.2) is 0 Å². The highest BCUT2D eigenvalue weighted by Gasteiger charge is 2.15. The van der Waals surface area contributed by atoms with Crippen molar-refractivity contribution in [3.05, 3.63) is 53.7 Å². The summed E-state index contributed by atoms with van der Waals surface area (Å²) < 4.78 is 18.0. The quantitative estimate of drug-likeness (QED) is 0.905. The minimum absolute atomic E-state index is 0.0850.